The SMILES string of the molecule is CN(C)c1cccc2c(S(=O)(=O)N(C)C(C)(C)C)cccc12. The Kier molecular flexibility index (Phi) is 4.24. The van der Waals surface area contributed by atoms with Gasteiger partial charge in [-0.25, -0.2) is 8.42 Å². The van der Waals surface area contributed by atoms with Gasteiger partial charge in [0.25, 0.3) is 0 Å². The number of anilines is 1. The standard InChI is InChI=1S/C17H24N2O2S/c1-17(2,3)19(6)22(20,21)16-12-8-9-13-14(16)10-7-11-15(13)18(4)5/h7-12H,1-6H3. The highest BCUT2D eigenvalue weighted by atomic mass is 32.2. The minimum atomic E-state index is -3.55. The summed E-state index contributed by atoms with van der Waals surface area (Å²) in [4.78, 5) is 2.35. The molecule has 5 heteroatoms. The van der Waals surface area contributed by atoms with Crippen LogP contribution in [0.4, 0.5) is 5.69 Å². The molecule has 0 aliphatic rings. The van der Waals surface area contributed by atoms with Crippen LogP contribution in [0.3, 0.4) is 0 Å². The number of fused-ring (bicyclic) bond motifs is 1. The van der Waals surface area contributed by atoms with Gasteiger partial charge in [0.1, 0.15) is 0 Å². The lowest BCUT2D eigenvalue weighted by atomic mass is 10.1. The van der Waals surface area contributed by atoms with Gasteiger partial charge in [-0.3, -0.25) is 0 Å². The second kappa shape index (κ2) is 5.56. The molecule has 0 radical (unpaired) electrons. The maximum absolute atomic E-state index is 13.0. The van der Waals surface area contributed by atoms with E-state index in [0.29, 0.717) is 4.90 Å². The number of rotatable bonds is 3. The molecule has 2 rings (SSSR count). The van der Waals surface area contributed by atoms with E-state index in [1.807, 2.05) is 64.0 Å². The third kappa shape index (κ3) is 2.83. The van der Waals surface area contributed by atoms with Crippen molar-refractivity contribution in [1.29, 1.82) is 0 Å². The highest BCUT2D eigenvalue weighted by Gasteiger charge is 2.31. The Morgan fingerprint density at radius 3 is 1.95 bits per heavy atom. The van der Waals surface area contributed by atoms with Gasteiger partial charge in [0.15, 0.2) is 0 Å². The first-order chi connectivity index (χ1) is 10.1. The Balaban J connectivity index is 2.75. The fraction of sp³-hybridized carbons (Fsp3) is 0.412. The molecule has 0 saturated heterocycles. The van der Waals surface area contributed by atoms with Gasteiger partial charge in [0.05, 0.1) is 4.90 Å². The largest absolute Gasteiger partial charge is 0.377 e. The van der Waals surface area contributed by atoms with Crippen LogP contribution in [0.1, 0.15) is 20.8 Å². The number of sulfonamides is 1. The van der Waals surface area contributed by atoms with Gasteiger partial charge < -0.3 is 4.90 Å². The molecule has 0 amide bonds. The molecule has 0 N–H and O–H groups in total. The zero-order valence-electron chi connectivity index (χ0n) is 14.1. The second-order valence-electron chi connectivity index (χ2n) is 6.67. The van der Waals surface area contributed by atoms with Crippen molar-refractivity contribution in [1.82, 2.24) is 4.31 Å². The first-order valence-electron chi connectivity index (χ1n) is 7.25. The van der Waals surface area contributed by atoms with E-state index >= 15 is 0 Å². The summed E-state index contributed by atoms with van der Waals surface area (Å²) in [5.74, 6) is 0. The van der Waals surface area contributed by atoms with Crippen molar-refractivity contribution in [2.24, 2.45) is 0 Å². The summed E-state index contributed by atoms with van der Waals surface area (Å²) < 4.78 is 27.4. The quantitative estimate of drug-likeness (QED) is 0.871. The fourth-order valence-corrected chi connectivity index (χ4v) is 4.11. The maximum atomic E-state index is 13.0. The third-order valence-corrected chi connectivity index (χ3v) is 6.10. The topological polar surface area (TPSA) is 40.6 Å². The van der Waals surface area contributed by atoms with Crippen LogP contribution in [0.25, 0.3) is 10.8 Å². The van der Waals surface area contributed by atoms with Gasteiger partial charge in [0.2, 0.25) is 10.0 Å². The number of nitrogens with zero attached hydrogens (tertiary/aromatic N) is 2. The van der Waals surface area contributed by atoms with Crippen molar-refractivity contribution in [3.8, 4) is 0 Å². The van der Waals surface area contributed by atoms with Crippen molar-refractivity contribution < 1.29 is 8.42 Å². The average Bonchev–Trinajstić information content (AvgIpc) is 2.43. The predicted molar refractivity (Wildman–Crippen MR) is 93.0 cm³/mol. The van der Waals surface area contributed by atoms with E-state index in [1.54, 1.807) is 19.2 Å². The lowest BCUT2D eigenvalue weighted by Gasteiger charge is -2.31. The fourth-order valence-electron chi connectivity index (χ4n) is 2.39. The molecule has 0 aliphatic heterocycles. The number of benzene rings is 2. The Labute approximate surface area is 133 Å². The summed E-state index contributed by atoms with van der Waals surface area (Å²) in [7, 11) is 1.99. The lowest BCUT2D eigenvalue weighted by molar-refractivity contribution is 0.292. The van der Waals surface area contributed by atoms with Crippen LogP contribution in [0.15, 0.2) is 41.3 Å². The van der Waals surface area contributed by atoms with Crippen molar-refractivity contribution in [2.45, 2.75) is 31.2 Å². The van der Waals surface area contributed by atoms with Crippen LogP contribution < -0.4 is 4.90 Å². The molecule has 0 bridgehead atoms. The van der Waals surface area contributed by atoms with E-state index in [0.717, 1.165) is 16.5 Å². The lowest BCUT2D eigenvalue weighted by Crippen LogP contribution is -2.42. The first-order valence-corrected chi connectivity index (χ1v) is 8.69. The van der Waals surface area contributed by atoms with E-state index in [9.17, 15) is 8.42 Å². The molecule has 120 valence electrons. The van der Waals surface area contributed by atoms with Gasteiger partial charge in [0, 0.05) is 43.1 Å². The molecular formula is C17H24N2O2S. The van der Waals surface area contributed by atoms with Gasteiger partial charge >= 0.3 is 0 Å². The van der Waals surface area contributed by atoms with E-state index in [2.05, 4.69) is 0 Å². The van der Waals surface area contributed by atoms with Crippen molar-refractivity contribution in [3.63, 3.8) is 0 Å². The second-order valence-corrected chi connectivity index (χ2v) is 8.60. The molecule has 2 aromatic carbocycles. The van der Waals surface area contributed by atoms with E-state index in [1.165, 1.54) is 4.31 Å². The summed E-state index contributed by atoms with van der Waals surface area (Å²) in [6.45, 7) is 5.67. The van der Waals surface area contributed by atoms with Crippen LogP contribution in [-0.2, 0) is 10.0 Å². The molecule has 0 atom stereocenters. The summed E-state index contributed by atoms with van der Waals surface area (Å²) in [5, 5.41) is 1.70. The number of hydrogen-bond acceptors (Lipinski definition) is 3. The van der Waals surface area contributed by atoms with Crippen molar-refractivity contribution in [3.05, 3.63) is 36.4 Å². The molecule has 0 aliphatic carbocycles. The normalized spacial score (nSPS) is 12.9. The molecule has 4 nitrogen and oxygen atoms in total. The highest BCUT2D eigenvalue weighted by Crippen LogP contribution is 2.32. The minimum Gasteiger partial charge on any atom is -0.377 e. The van der Waals surface area contributed by atoms with Gasteiger partial charge in [-0.1, -0.05) is 24.3 Å². The van der Waals surface area contributed by atoms with Crippen LogP contribution in [0, 0.1) is 0 Å². The molecule has 0 aromatic heterocycles. The van der Waals surface area contributed by atoms with Crippen molar-refractivity contribution >= 4 is 26.5 Å². The van der Waals surface area contributed by atoms with Crippen LogP contribution in [0.5, 0.6) is 0 Å². The van der Waals surface area contributed by atoms with Crippen LogP contribution in [-0.4, -0.2) is 39.4 Å². The molecule has 22 heavy (non-hydrogen) atoms. The summed E-state index contributed by atoms with van der Waals surface area (Å²) in [6.07, 6.45) is 0. The van der Waals surface area contributed by atoms with E-state index in [4.69, 9.17) is 0 Å². The smallest absolute Gasteiger partial charge is 0.243 e. The molecule has 0 fully saturated rings. The highest BCUT2D eigenvalue weighted by molar-refractivity contribution is 7.89. The molecule has 0 spiro atoms. The molecular weight excluding hydrogens is 296 g/mol. The predicted octanol–water partition coefficient (Wildman–Crippen LogP) is 3.32. The van der Waals surface area contributed by atoms with Crippen LogP contribution in [0.2, 0.25) is 0 Å². The Morgan fingerprint density at radius 2 is 1.41 bits per heavy atom. The van der Waals surface area contributed by atoms with Gasteiger partial charge in [-0.15, -0.1) is 0 Å². The van der Waals surface area contributed by atoms with Crippen molar-refractivity contribution in [2.75, 3.05) is 26.0 Å². The molecule has 0 unspecified atom stereocenters. The first kappa shape index (κ1) is 16.8. The molecule has 2 aromatic rings. The third-order valence-electron chi connectivity index (χ3n) is 3.92. The Hall–Kier alpha value is -1.59. The average molecular weight is 320 g/mol. The summed E-state index contributed by atoms with van der Waals surface area (Å²) in [6, 6.07) is 11.2. The minimum absolute atomic E-state index is 0.353. The van der Waals surface area contributed by atoms with E-state index in [-0.39, 0.29) is 0 Å². The zero-order valence-corrected chi connectivity index (χ0v) is 14.9. The van der Waals surface area contributed by atoms with E-state index < -0.39 is 15.6 Å². The zero-order chi connectivity index (χ0) is 16.7. The summed E-state index contributed by atoms with van der Waals surface area (Å²) >= 11 is 0. The Bertz CT molecular complexity index is 790. The summed E-state index contributed by atoms with van der Waals surface area (Å²) in [5.41, 5.74) is 0.535. The molecule has 0 heterocycles. The van der Waals surface area contributed by atoms with Gasteiger partial charge in [-0.2, -0.15) is 4.31 Å². The monoisotopic (exact) mass is 320 g/mol. The van der Waals surface area contributed by atoms with Crippen LogP contribution >= 0.6 is 0 Å². The van der Waals surface area contributed by atoms with Gasteiger partial charge in [-0.05, 0) is 32.9 Å². The Morgan fingerprint density at radius 1 is 0.864 bits per heavy atom. The number of hydrogen-bond donors (Lipinski definition) is 0. The molecule has 0 saturated carbocycles. The maximum Gasteiger partial charge on any atom is 0.243 e.